The third-order valence-corrected chi connectivity index (χ3v) is 15.7. The number of carbonyl (C=O) groups excluding carboxylic acids is 3. The van der Waals surface area contributed by atoms with E-state index < -0.39 is 41.5 Å². The summed E-state index contributed by atoms with van der Waals surface area (Å²) < 4.78 is 56.8. The Kier molecular flexibility index (Phi) is 14.2. The van der Waals surface area contributed by atoms with Gasteiger partial charge >= 0.3 is 24.2 Å². The molecule has 3 saturated carbocycles. The van der Waals surface area contributed by atoms with Crippen molar-refractivity contribution < 1.29 is 46.7 Å². The van der Waals surface area contributed by atoms with Crippen molar-refractivity contribution in [2.24, 2.45) is 46.3 Å². The van der Waals surface area contributed by atoms with Gasteiger partial charge in [0.1, 0.15) is 6.10 Å². The van der Waals surface area contributed by atoms with Crippen molar-refractivity contribution >= 4 is 29.4 Å². The number of nitrogens with zero attached hydrogens (tertiary/aromatic N) is 4. The van der Waals surface area contributed by atoms with Crippen LogP contribution >= 0.6 is 0 Å². The molecule has 1 aromatic heterocycles. The zero-order valence-electron chi connectivity index (χ0n) is 38.4. The Hall–Kier alpha value is -5.21. The first-order chi connectivity index (χ1) is 30.8. The summed E-state index contributed by atoms with van der Waals surface area (Å²) in [6.45, 7) is 11.5. The number of anilines is 1. The van der Waals surface area contributed by atoms with Gasteiger partial charge in [-0.3, -0.25) is 24.6 Å². The molecule has 1 heterocycles. The fourth-order valence-corrected chi connectivity index (χ4v) is 12.2. The topological polar surface area (TPSA) is 143 Å². The number of amides is 1. The summed E-state index contributed by atoms with van der Waals surface area (Å²) in [5, 5.41) is 11.6. The average Bonchev–Trinajstić information content (AvgIpc) is 3.90. The number of carbonyl (C=O) groups is 3. The predicted molar refractivity (Wildman–Crippen MR) is 239 cm³/mol. The third kappa shape index (κ3) is 10.3. The van der Waals surface area contributed by atoms with Crippen LogP contribution in [-0.4, -0.2) is 52.5 Å². The number of nitro groups is 1. The molecule has 1 unspecified atom stereocenters. The maximum atomic E-state index is 13.1. The van der Waals surface area contributed by atoms with E-state index in [1.165, 1.54) is 105 Å². The Labute approximate surface area is 379 Å². The molecule has 0 bridgehead atoms. The molecule has 12 nitrogen and oxygen atoms in total. The van der Waals surface area contributed by atoms with Gasteiger partial charge in [-0.2, -0.15) is 13.2 Å². The Balaban J connectivity index is 0.874. The smallest absolute Gasteiger partial charge is 0.416 e. The van der Waals surface area contributed by atoms with Gasteiger partial charge in [0, 0.05) is 37.4 Å². The van der Waals surface area contributed by atoms with Crippen LogP contribution in [0, 0.1) is 56.5 Å². The van der Waals surface area contributed by atoms with E-state index in [0.717, 1.165) is 60.0 Å². The van der Waals surface area contributed by atoms with E-state index in [0.29, 0.717) is 29.2 Å². The predicted octanol–water partition coefficient (Wildman–Crippen LogP) is 12.3. The number of halogens is 3. The minimum absolute atomic E-state index is 0.116. The van der Waals surface area contributed by atoms with E-state index in [9.17, 15) is 37.7 Å². The molecule has 0 radical (unpaired) electrons. The summed E-state index contributed by atoms with van der Waals surface area (Å²) in [6, 6.07) is 8.08. The highest BCUT2D eigenvalue weighted by atomic mass is 19.4. The number of fused-ring (bicyclic) bond motifs is 5. The summed E-state index contributed by atoms with van der Waals surface area (Å²) in [7, 11) is 1.35. The second-order valence-corrected chi connectivity index (χ2v) is 19.9. The van der Waals surface area contributed by atoms with Crippen molar-refractivity contribution in [1.29, 1.82) is 0 Å². The molecule has 0 spiro atoms. The van der Waals surface area contributed by atoms with Gasteiger partial charge in [0.05, 0.1) is 46.7 Å². The Morgan fingerprint density at radius 2 is 1.69 bits per heavy atom. The summed E-state index contributed by atoms with van der Waals surface area (Å²) in [5.41, 5.74) is 1.77. The maximum Gasteiger partial charge on any atom is 0.416 e. The van der Waals surface area contributed by atoms with Gasteiger partial charge in [-0.25, -0.2) is 9.78 Å². The number of non-ortho nitro benzene ring substituents is 1. The number of benzene rings is 2. The van der Waals surface area contributed by atoms with Gasteiger partial charge < -0.3 is 18.8 Å². The highest BCUT2D eigenvalue weighted by Gasteiger charge is 2.59. The van der Waals surface area contributed by atoms with Crippen LogP contribution < -0.4 is 4.90 Å². The third-order valence-electron chi connectivity index (χ3n) is 15.7. The zero-order chi connectivity index (χ0) is 46.8. The van der Waals surface area contributed by atoms with Crippen LogP contribution in [0.3, 0.4) is 0 Å². The molecule has 4 aliphatic carbocycles. The summed E-state index contributed by atoms with van der Waals surface area (Å²) in [5.74, 6) is 3.23. The maximum absolute atomic E-state index is 13.1. The minimum atomic E-state index is -4.51. The first kappa shape index (κ1) is 47.7. The summed E-state index contributed by atoms with van der Waals surface area (Å²) >= 11 is 0. The number of imidazole rings is 1. The van der Waals surface area contributed by atoms with Crippen molar-refractivity contribution in [1.82, 2.24) is 9.55 Å². The Bertz CT molecular complexity index is 2260. The van der Waals surface area contributed by atoms with Crippen LogP contribution in [0.4, 0.5) is 29.3 Å². The molecule has 8 atom stereocenters. The molecule has 1 amide bonds. The monoisotopic (exact) mass is 904 g/mol. The first-order valence-electron chi connectivity index (χ1n) is 23.2. The van der Waals surface area contributed by atoms with Gasteiger partial charge in [0.2, 0.25) is 6.79 Å². The van der Waals surface area contributed by atoms with Gasteiger partial charge in [-0.1, -0.05) is 77.7 Å². The van der Waals surface area contributed by atoms with Crippen molar-refractivity contribution in [3.63, 3.8) is 0 Å². The number of allylic oxidation sites excluding steroid dienone is 1. The fraction of sp³-hybridized carbons (Fsp3) is 0.600. The van der Waals surface area contributed by atoms with Crippen LogP contribution in [0.5, 0.6) is 0 Å². The van der Waals surface area contributed by atoms with Gasteiger partial charge in [-0.15, -0.1) is 0 Å². The summed E-state index contributed by atoms with van der Waals surface area (Å²) in [6.07, 6.45) is 11.9. The van der Waals surface area contributed by atoms with Gasteiger partial charge in [0.25, 0.3) is 5.69 Å². The fourth-order valence-electron chi connectivity index (χ4n) is 12.2. The lowest BCUT2D eigenvalue weighted by atomic mass is 9.47. The molecule has 65 heavy (non-hydrogen) atoms. The van der Waals surface area contributed by atoms with Crippen LogP contribution in [-0.2, 0) is 30.0 Å². The van der Waals surface area contributed by atoms with Gasteiger partial charge in [-0.05, 0) is 109 Å². The molecule has 0 N–H and O–H groups in total. The molecule has 0 saturated heterocycles. The minimum Gasteiger partial charge on any atom is -0.462 e. The largest absolute Gasteiger partial charge is 0.462 e. The zero-order valence-corrected chi connectivity index (χ0v) is 38.4. The molecule has 352 valence electrons. The van der Waals surface area contributed by atoms with Crippen LogP contribution in [0.2, 0.25) is 0 Å². The number of ether oxygens (including phenoxy) is 3. The molecule has 4 aliphatic rings. The molecular weight excluding hydrogens is 842 g/mol. The molecule has 7 rings (SSSR count). The highest BCUT2D eigenvalue weighted by Crippen LogP contribution is 2.67. The normalized spacial score (nSPS) is 26.6. The van der Waals surface area contributed by atoms with Crippen LogP contribution in [0.15, 0.2) is 66.6 Å². The lowest BCUT2D eigenvalue weighted by Gasteiger charge is -2.58. The molecule has 3 fully saturated rings. The number of aromatic nitrogens is 2. The Morgan fingerprint density at radius 3 is 2.40 bits per heavy atom. The quantitative estimate of drug-likeness (QED) is 0.0478. The van der Waals surface area contributed by atoms with Gasteiger partial charge in [0.15, 0.2) is 0 Å². The number of hydrogen-bond acceptors (Lipinski definition) is 9. The van der Waals surface area contributed by atoms with Crippen molar-refractivity contribution in [2.45, 2.75) is 130 Å². The standard InChI is InChI=1S/C50H63F3N4O8/c1-31(2)8-7-9-32(3)39-17-18-40-38-16-14-35-26-37(22-24-48(35,4)41(38)23-25-49(39,40)5)65-46(59)21-20-45(58)63-30-64-47(60)55(6)43-19-15-36(57(61)62)27-44(43)56-28-42(54-29-56)33-10-12-34(13-11-33)50(51,52)53/h10-15,19,27-29,31-32,37-41H,7-9,16-18,20-26,30H2,1-6H3/t32-,37+,38+,39?,40+,41+,48+,49-/m1/s1. The lowest BCUT2D eigenvalue weighted by Crippen LogP contribution is -2.51. The second kappa shape index (κ2) is 19.3. The average molecular weight is 905 g/mol. The highest BCUT2D eigenvalue weighted by molar-refractivity contribution is 5.90. The van der Waals surface area contributed by atoms with Crippen molar-refractivity contribution in [3.8, 4) is 16.9 Å². The molecule has 15 heteroatoms. The van der Waals surface area contributed by atoms with E-state index in [1.54, 1.807) is 0 Å². The van der Waals surface area contributed by atoms with E-state index in [1.807, 2.05) is 0 Å². The molecule has 3 aromatic rings. The van der Waals surface area contributed by atoms with E-state index in [4.69, 9.17) is 14.2 Å². The van der Waals surface area contributed by atoms with E-state index in [2.05, 4.69) is 45.7 Å². The lowest BCUT2D eigenvalue weighted by molar-refractivity contribution is -0.384. The number of nitro benzene ring substituents is 1. The number of hydrogen-bond donors (Lipinski definition) is 0. The molecule has 0 aliphatic heterocycles. The SMILES string of the molecule is CC(C)CCC[C@@H](C)C1CC[C@H]2[C@@H]3CC=C4C[C@@H](OC(=O)CCC(=O)OCOC(=O)N(C)c5ccc([N+](=O)[O-])cc5-n5cnc(-c6ccc(C(F)(F)F)cc6)c5)CC[C@]4(C)[C@H]3CC[C@]12C. The van der Waals surface area contributed by atoms with E-state index >= 15 is 0 Å². The van der Waals surface area contributed by atoms with Crippen LogP contribution in [0.1, 0.15) is 124 Å². The molecule has 2 aromatic carbocycles. The Morgan fingerprint density at radius 1 is 0.954 bits per heavy atom. The number of rotatable bonds is 15. The summed E-state index contributed by atoms with van der Waals surface area (Å²) in [4.78, 5) is 55.0. The number of esters is 2. The van der Waals surface area contributed by atoms with Crippen LogP contribution in [0.25, 0.3) is 16.9 Å². The van der Waals surface area contributed by atoms with Crippen molar-refractivity contribution in [2.75, 3.05) is 18.7 Å². The second-order valence-electron chi connectivity index (χ2n) is 19.9. The van der Waals surface area contributed by atoms with Crippen molar-refractivity contribution in [3.05, 3.63) is 82.3 Å². The molecular formula is C50H63F3N4O8. The number of alkyl halides is 3. The van der Waals surface area contributed by atoms with E-state index in [-0.39, 0.29) is 47.1 Å². The first-order valence-corrected chi connectivity index (χ1v) is 23.2.